The number of fused-ring (bicyclic) bond motifs is 6. The Labute approximate surface area is 359 Å². The van der Waals surface area contributed by atoms with Crippen molar-refractivity contribution in [3.05, 3.63) is 194 Å². The number of rotatable bonds is 5. The lowest BCUT2D eigenvalue weighted by Crippen LogP contribution is -2.01. The van der Waals surface area contributed by atoms with Gasteiger partial charge in [-0.05, 0) is 66.0 Å². The minimum atomic E-state index is 0.626. The fourth-order valence-electron chi connectivity index (χ4n) is 10.9. The van der Waals surface area contributed by atoms with Gasteiger partial charge in [0.2, 0.25) is 0 Å². The molecule has 0 amide bonds. The molecule has 63 heavy (non-hydrogen) atoms. The van der Waals surface area contributed by atoms with Crippen molar-refractivity contribution in [1.82, 2.24) is 28.5 Å². The van der Waals surface area contributed by atoms with Gasteiger partial charge >= 0.3 is 0 Å². The van der Waals surface area contributed by atoms with E-state index in [1.165, 1.54) is 81.4 Å². The van der Waals surface area contributed by atoms with Crippen molar-refractivity contribution in [1.29, 1.82) is 0 Å². The average molecular weight is 801 g/mol. The first-order chi connectivity index (χ1) is 31.3. The average Bonchev–Trinajstić information content (AvgIpc) is 4.06. The molecule has 0 aliphatic rings. The Kier molecular flexibility index (Phi) is 6.33. The molecule has 6 heterocycles. The molecule has 6 heteroatoms. The normalized spacial score (nSPS) is 12.4. The number of aromatic nitrogens is 6. The molecule has 0 atom stereocenters. The third kappa shape index (κ3) is 4.33. The number of para-hydroxylation sites is 4. The van der Waals surface area contributed by atoms with Crippen LogP contribution in [0.2, 0.25) is 0 Å². The first-order valence-electron chi connectivity index (χ1n) is 21.5. The highest BCUT2D eigenvalue weighted by Crippen LogP contribution is 2.49. The van der Waals surface area contributed by atoms with Crippen molar-refractivity contribution in [3.63, 3.8) is 0 Å². The van der Waals surface area contributed by atoms with E-state index in [0.717, 1.165) is 39.1 Å². The summed E-state index contributed by atoms with van der Waals surface area (Å²) in [6.45, 7) is 0. The molecule has 0 N–H and O–H groups in total. The van der Waals surface area contributed by atoms with Crippen molar-refractivity contribution >= 4 is 92.5 Å². The molecule has 15 aromatic rings. The highest BCUT2D eigenvalue weighted by atomic mass is 15.0. The summed E-state index contributed by atoms with van der Waals surface area (Å²) in [5, 5.41) is 12.8. The molecule has 0 saturated heterocycles. The molecule has 0 saturated carbocycles. The molecule has 0 unspecified atom stereocenters. The maximum absolute atomic E-state index is 5.22. The van der Waals surface area contributed by atoms with E-state index in [9.17, 15) is 0 Å². The van der Waals surface area contributed by atoms with Crippen LogP contribution < -0.4 is 0 Å². The molecule has 15 rings (SSSR count). The summed E-state index contributed by atoms with van der Waals surface area (Å²) in [5.41, 5.74) is 13.5. The van der Waals surface area contributed by atoms with Gasteiger partial charge in [0.25, 0.3) is 0 Å². The van der Waals surface area contributed by atoms with Crippen LogP contribution in [0.4, 0.5) is 0 Å². The Hall–Kier alpha value is -8.61. The van der Waals surface area contributed by atoms with Crippen LogP contribution in [0.5, 0.6) is 0 Å². The molecule has 0 fully saturated rings. The summed E-state index contributed by atoms with van der Waals surface area (Å²) in [6, 6.07) is 69.7. The molecule has 6 nitrogen and oxygen atoms in total. The standard InChI is InChI=1S/C57H32N6/c1-3-12-33(13-4-1)55-58-56(60-57(59-55)35-26-29-39-38-16-7-8-22-46(38)61(49(39)32-35)36-14-5-2-6-15-36)34-24-27-37(28-25-34)62-47-23-11-17-40-41-18-9-19-42-43-20-10-21-44-45-30-31-48(62)51(50(40)47)54(45)63(52(41)42)53(43)44/h1-32H. The minimum absolute atomic E-state index is 0.626. The van der Waals surface area contributed by atoms with Gasteiger partial charge in [0.1, 0.15) is 0 Å². The van der Waals surface area contributed by atoms with Crippen LogP contribution in [0.25, 0.3) is 138 Å². The van der Waals surface area contributed by atoms with Gasteiger partial charge in [0.15, 0.2) is 17.5 Å². The lowest BCUT2D eigenvalue weighted by molar-refractivity contribution is 1.07. The molecule has 6 aromatic heterocycles. The van der Waals surface area contributed by atoms with Crippen LogP contribution in [-0.4, -0.2) is 28.5 Å². The largest absolute Gasteiger partial charge is 0.309 e. The van der Waals surface area contributed by atoms with Gasteiger partial charge < -0.3 is 13.5 Å². The highest BCUT2D eigenvalue weighted by molar-refractivity contribution is 6.37. The Balaban J connectivity index is 0.925. The Morgan fingerprint density at radius 2 is 0.730 bits per heavy atom. The molecule has 0 spiro atoms. The maximum atomic E-state index is 5.22. The molecule has 9 aromatic carbocycles. The van der Waals surface area contributed by atoms with E-state index in [2.05, 4.69) is 189 Å². The zero-order valence-electron chi connectivity index (χ0n) is 33.7. The molecular weight excluding hydrogens is 769 g/mol. The van der Waals surface area contributed by atoms with E-state index in [0.29, 0.717) is 17.5 Å². The van der Waals surface area contributed by atoms with Gasteiger partial charge in [-0.25, -0.2) is 15.0 Å². The van der Waals surface area contributed by atoms with Crippen LogP contribution in [0, 0.1) is 0 Å². The van der Waals surface area contributed by atoms with Crippen molar-refractivity contribution in [2.75, 3.05) is 0 Å². The van der Waals surface area contributed by atoms with Crippen LogP contribution in [-0.2, 0) is 0 Å². The molecule has 0 aliphatic carbocycles. The number of benzene rings is 9. The predicted molar refractivity (Wildman–Crippen MR) is 259 cm³/mol. The van der Waals surface area contributed by atoms with E-state index in [1.807, 2.05) is 18.2 Å². The second-order valence-corrected chi connectivity index (χ2v) is 16.8. The van der Waals surface area contributed by atoms with Crippen LogP contribution >= 0.6 is 0 Å². The topological polar surface area (TPSA) is 52.9 Å². The lowest BCUT2D eigenvalue weighted by Gasteiger charge is -2.12. The fraction of sp³-hybridized carbons (Fsp3) is 0. The van der Waals surface area contributed by atoms with E-state index in [1.54, 1.807) is 0 Å². The zero-order valence-corrected chi connectivity index (χ0v) is 33.7. The molecule has 0 bridgehead atoms. The summed E-state index contributed by atoms with van der Waals surface area (Å²) in [6.07, 6.45) is 0. The first kappa shape index (κ1) is 33.1. The first-order valence-corrected chi connectivity index (χ1v) is 21.5. The van der Waals surface area contributed by atoms with E-state index in [4.69, 9.17) is 15.0 Å². The fourth-order valence-corrected chi connectivity index (χ4v) is 10.9. The highest BCUT2D eigenvalue weighted by Gasteiger charge is 2.26. The third-order valence-corrected chi connectivity index (χ3v) is 13.5. The van der Waals surface area contributed by atoms with Gasteiger partial charge in [-0.1, -0.05) is 133 Å². The van der Waals surface area contributed by atoms with Crippen LogP contribution in [0.15, 0.2) is 194 Å². The van der Waals surface area contributed by atoms with E-state index in [-0.39, 0.29) is 0 Å². The second-order valence-electron chi connectivity index (χ2n) is 16.8. The third-order valence-electron chi connectivity index (χ3n) is 13.5. The van der Waals surface area contributed by atoms with Gasteiger partial charge in [0.05, 0.1) is 38.6 Å². The maximum Gasteiger partial charge on any atom is 0.164 e. The molecular formula is C57H32N6. The van der Waals surface area contributed by atoms with E-state index < -0.39 is 0 Å². The molecule has 290 valence electrons. The van der Waals surface area contributed by atoms with Crippen molar-refractivity contribution in [3.8, 4) is 45.5 Å². The molecule has 0 radical (unpaired) electrons. The van der Waals surface area contributed by atoms with Gasteiger partial charge in [-0.15, -0.1) is 0 Å². The number of hydrogen-bond acceptors (Lipinski definition) is 3. The number of nitrogens with zero attached hydrogens (tertiary/aromatic N) is 6. The van der Waals surface area contributed by atoms with Gasteiger partial charge in [0, 0.05) is 76.5 Å². The Morgan fingerprint density at radius 3 is 1.46 bits per heavy atom. The second kappa shape index (κ2) is 12.0. The SMILES string of the molecule is c1ccc(-c2nc(-c3ccc(-n4c5cccc6c7cccc8c9cccc%10c%11ccc4c(c65)c%11n(c78)c9%10)cc3)nc(-c3ccc4c5ccccc5n(-c5ccccc5)c4c3)n2)cc1. The Bertz CT molecular complexity index is 4290. The smallest absolute Gasteiger partial charge is 0.164 e. The quantitative estimate of drug-likeness (QED) is 0.174. The van der Waals surface area contributed by atoms with Crippen molar-refractivity contribution in [2.24, 2.45) is 0 Å². The van der Waals surface area contributed by atoms with Gasteiger partial charge in [-0.3, -0.25) is 0 Å². The summed E-state index contributed by atoms with van der Waals surface area (Å²) in [7, 11) is 0. The predicted octanol–water partition coefficient (Wildman–Crippen LogP) is 14.2. The Morgan fingerprint density at radius 1 is 0.270 bits per heavy atom. The summed E-state index contributed by atoms with van der Waals surface area (Å²) < 4.78 is 7.32. The van der Waals surface area contributed by atoms with Crippen LogP contribution in [0.1, 0.15) is 0 Å². The molecule has 0 aliphatic heterocycles. The number of hydrogen-bond donors (Lipinski definition) is 0. The summed E-state index contributed by atoms with van der Waals surface area (Å²) in [4.78, 5) is 15.5. The zero-order chi connectivity index (χ0) is 40.9. The summed E-state index contributed by atoms with van der Waals surface area (Å²) in [5.74, 6) is 1.89. The van der Waals surface area contributed by atoms with Crippen molar-refractivity contribution < 1.29 is 0 Å². The lowest BCUT2D eigenvalue weighted by atomic mass is 10.0. The van der Waals surface area contributed by atoms with Crippen LogP contribution in [0.3, 0.4) is 0 Å². The summed E-state index contributed by atoms with van der Waals surface area (Å²) >= 11 is 0. The van der Waals surface area contributed by atoms with Crippen molar-refractivity contribution in [2.45, 2.75) is 0 Å². The minimum Gasteiger partial charge on any atom is -0.309 e. The monoisotopic (exact) mass is 800 g/mol. The van der Waals surface area contributed by atoms with Gasteiger partial charge in [-0.2, -0.15) is 0 Å². The van der Waals surface area contributed by atoms with E-state index >= 15 is 0 Å².